The third-order valence-electron chi connectivity index (χ3n) is 8.16. The van der Waals surface area contributed by atoms with E-state index < -0.39 is 27.2 Å². The van der Waals surface area contributed by atoms with Gasteiger partial charge in [0, 0.05) is 0 Å². The molecule has 0 aromatic heterocycles. The minimum Gasteiger partial charge on any atom is -0.393 e. The number of fused-ring (bicyclic) bond motifs is 1. The molecule has 2 N–H and O–H groups in total. The largest absolute Gasteiger partial charge is 0.393 e. The van der Waals surface area contributed by atoms with Crippen molar-refractivity contribution in [2.45, 2.75) is 82.3 Å². The molecule has 0 heterocycles. The number of aliphatic hydroxyl groups is 2. The molecule has 6 heteroatoms. The highest BCUT2D eigenvalue weighted by Crippen LogP contribution is 2.57. The summed E-state index contributed by atoms with van der Waals surface area (Å²) >= 11 is 0. The molecular weight excluding hydrogens is 463 g/mol. The summed E-state index contributed by atoms with van der Waals surface area (Å²) in [4.78, 5) is -0.0253. The topological polar surface area (TPSA) is 74.6 Å². The Balaban J connectivity index is 1.47. The normalized spacial score (nSPS) is 31.7. The van der Waals surface area contributed by atoms with Crippen molar-refractivity contribution in [2.75, 3.05) is 0 Å². The molecule has 0 bridgehead atoms. The van der Waals surface area contributed by atoms with E-state index in [9.17, 15) is 23.0 Å². The van der Waals surface area contributed by atoms with Gasteiger partial charge in [-0.2, -0.15) is 4.39 Å². The molecule has 0 saturated heterocycles. The van der Waals surface area contributed by atoms with Crippen LogP contribution in [-0.2, 0) is 9.84 Å². The fraction of sp³-hybridized carbons (Fsp3) is 0.517. The van der Waals surface area contributed by atoms with Gasteiger partial charge in [0.1, 0.15) is 0 Å². The second-order valence-electron chi connectivity index (χ2n) is 10.7. The standard InChI is InChI=1S/C29H37FO4S/c1-20(10-15-28(30)35(33,34)25-8-4-3-5-9-25)26-13-14-27-22(7-6-16-29(26,27)2)12-11-21-17-23(31)19-24(32)18-21/h3-5,8-9,11-13,15,20,23-24,27,31-32H,6-7,10,14,16-19H2,1-2H3/b22-12+,28-15+/t20-,23-,24-,27+,29-/m1/s1. The molecule has 4 rings (SSSR count). The van der Waals surface area contributed by atoms with Crippen molar-refractivity contribution in [2.24, 2.45) is 17.3 Å². The average molecular weight is 501 g/mol. The van der Waals surface area contributed by atoms with Gasteiger partial charge in [0.05, 0.1) is 17.1 Å². The zero-order chi connectivity index (χ0) is 25.2. The van der Waals surface area contributed by atoms with E-state index in [1.54, 1.807) is 18.2 Å². The predicted molar refractivity (Wildman–Crippen MR) is 137 cm³/mol. The van der Waals surface area contributed by atoms with Crippen LogP contribution in [0.4, 0.5) is 4.39 Å². The van der Waals surface area contributed by atoms with E-state index >= 15 is 0 Å². The van der Waals surface area contributed by atoms with Crippen molar-refractivity contribution in [3.63, 3.8) is 0 Å². The van der Waals surface area contributed by atoms with Crippen molar-refractivity contribution in [3.05, 3.63) is 76.5 Å². The van der Waals surface area contributed by atoms with Crippen molar-refractivity contribution in [1.82, 2.24) is 0 Å². The molecule has 0 unspecified atom stereocenters. The van der Waals surface area contributed by atoms with Gasteiger partial charge in [-0.05, 0) is 86.8 Å². The summed E-state index contributed by atoms with van der Waals surface area (Å²) in [6.07, 6.45) is 13.0. The van der Waals surface area contributed by atoms with Gasteiger partial charge < -0.3 is 10.2 Å². The van der Waals surface area contributed by atoms with Gasteiger partial charge in [-0.1, -0.05) is 67.0 Å². The van der Waals surface area contributed by atoms with E-state index in [4.69, 9.17) is 0 Å². The Labute approximate surface area is 208 Å². The fourth-order valence-corrected chi connectivity index (χ4v) is 7.42. The van der Waals surface area contributed by atoms with Crippen LogP contribution in [0.25, 0.3) is 0 Å². The van der Waals surface area contributed by atoms with Gasteiger partial charge in [0.25, 0.3) is 0 Å². The lowest BCUT2D eigenvalue weighted by molar-refractivity contribution is 0.0609. The lowest BCUT2D eigenvalue weighted by Gasteiger charge is -2.42. The Morgan fingerprint density at radius 1 is 1.17 bits per heavy atom. The lowest BCUT2D eigenvalue weighted by Crippen LogP contribution is -2.32. The smallest absolute Gasteiger partial charge is 0.232 e. The number of benzene rings is 1. The van der Waals surface area contributed by atoms with Crippen molar-refractivity contribution in [3.8, 4) is 0 Å². The first kappa shape index (κ1) is 26.1. The molecule has 5 atom stereocenters. The van der Waals surface area contributed by atoms with Crippen LogP contribution in [0.15, 0.2) is 81.4 Å². The maximum atomic E-state index is 14.7. The van der Waals surface area contributed by atoms with Crippen LogP contribution in [0.1, 0.15) is 65.2 Å². The number of hydrogen-bond donors (Lipinski definition) is 2. The van der Waals surface area contributed by atoms with Gasteiger partial charge in [-0.3, -0.25) is 0 Å². The van der Waals surface area contributed by atoms with Crippen LogP contribution >= 0.6 is 0 Å². The molecule has 1 aromatic rings. The summed E-state index contributed by atoms with van der Waals surface area (Å²) in [6.45, 7) is 4.35. The summed E-state index contributed by atoms with van der Waals surface area (Å²) in [5.41, 5.74) is 3.77. The Morgan fingerprint density at radius 3 is 2.54 bits per heavy atom. The molecule has 4 nitrogen and oxygen atoms in total. The van der Waals surface area contributed by atoms with E-state index in [0.29, 0.717) is 31.6 Å². The van der Waals surface area contributed by atoms with E-state index in [-0.39, 0.29) is 16.2 Å². The molecule has 0 amide bonds. The molecule has 0 radical (unpaired) electrons. The summed E-state index contributed by atoms with van der Waals surface area (Å²) in [6, 6.07) is 7.72. The third-order valence-corrected chi connectivity index (χ3v) is 9.73. The molecule has 2 fully saturated rings. The zero-order valence-corrected chi connectivity index (χ0v) is 21.5. The highest BCUT2D eigenvalue weighted by atomic mass is 32.2. The maximum absolute atomic E-state index is 14.7. The van der Waals surface area contributed by atoms with Crippen LogP contribution in [0.3, 0.4) is 0 Å². The SMILES string of the molecule is C[C@H](C/C=C(\F)S(=O)(=O)c1ccccc1)C1=CC[C@H]2/C(=C/C=C3C[C@@H](O)C[C@H](O)C3)CCC[C@]12C. The lowest BCUT2D eigenvalue weighted by atomic mass is 9.62. The monoisotopic (exact) mass is 500 g/mol. The Morgan fingerprint density at radius 2 is 1.86 bits per heavy atom. The number of allylic oxidation sites excluding steroid dienone is 6. The first-order valence-corrected chi connectivity index (χ1v) is 14.2. The van der Waals surface area contributed by atoms with Crippen LogP contribution in [0.5, 0.6) is 0 Å². The van der Waals surface area contributed by atoms with Crippen LogP contribution in [-0.4, -0.2) is 30.8 Å². The second kappa shape index (κ2) is 10.5. The van der Waals surface area contributed by atoms with Crippen molar-refractivity contribution in [1.29, 1.82) is 0 Å². The summed E-state index contributed by atoms with van der Waals surface area (Å²) in [7, 11) is -4.11. The Kier molecular flexibility index (Phi) is 7.84. The fourth-order valence-electron chi connectivity index (χ4n) is 6.36. The molecule has 1 aromatic carbocycles. The van der Waals surface area contributed by atoms with E-state index in [1.807, 2.05) is 0 Å². The number of halogens is 1. The minimum absolute atomic E-state index is 0.0176. The average Bonchev–Trinajstić information content (AvgIpc) is 3.18. The number of aliphatic hydroxyl groups excluding tert-OH is 2. The quantitative estimate of drug-likeness (QED) is 0.457. The van der Waals surface area contributed by atoms with E-state index in [2.05, 4.69) is 32.1 Å². The third kappa shape index (κ3) is 5.55. The van der Waals surface area contributed by atoms with Crippen molar-refractivity contribution < 1.29 is 23.0 Å². The number of hydrogen-bond acceptors (Lipinski definition) is 4. The molecule has 190 valence electrons. The van der Waals surface area contributed by atoms with Crippen molar-refractivity contribution >= 4 is 9.84 Å². The summed E-state index contributed by atoms with van der Waals surface area (Å²) in [5, 5.41) is 18.9. The minimum atomic E-state index is -4.11. The molecule has 0 aliphatic heterocycles. The molecular formula is C29H37FO4S. The first-order valence-electron chi connectivity index (χ1n) is 12.7. The molecule has 3 aliphatic carbocycles. The molecule has 3 aliphatic rings. The molecule has 35 heavy (non-hydrogen) atoms. The van der Waals surface area contributed by atoms with Gasteiger partial charge >= 0.3 is 0 Å². The highest BCUT2D eigenvalue weighted by molar-refractivity contribution is 7.95. The van der Waals surface area contributed by atoms with Gasteiger partial charge in [-0.15, -0.1) is 0 Å². The molecule has 2 saturated carbocycles. The van der Waals surface area contributed by atoms with Gasteiger partial charge in [-0.25, -0.2) is 8.42 Å². The Bertz CT molecular complexity index is 1140. The van der Waals surface area contributed by atoms with E-state index in [0.717, 1.165) is 31.3 Å². The van der Waals surface area contributed by atoms with Crippen LogP contribution in [0.2, 0.25) is 0 Å². The summed E-state index contributed by atoms with van der Waals surface area (Å²) < 4.78 is 39.8. The maximum Gasteiger partial charge on any atom is 0.232 e. The molecule has 0 spiro atoms. The van der Waals surface area contributed by atoms with Crippen LogP contribution in [0, 0.1) is 17.3 Å². The van der Waals surface area contributed by atoms with Crippen LogP contribution < -0.4 is 0 Å². The number of sulfone groups is 1. The second-order valence-corrected chi connectivity index (χ2v) is 12.6. The highest BCUT2D eigenvalue weighted by Gasteiger charge is 2.45. The van der Waals surface area contributed by atoms with Gasteiger partial charge in [0.2, 0.25) is 15.0 Å². The predicted octanol–water partition coefficient (Wildman–Crippen LogP) is 6.19. The van der Waals surface area contributed by atoms with Gasteiger partial charge in [0.15, 0.2) is 0 Å². The first-order chi connectivity index (χ1) is 16.6. The Hall–Kier alpha value is -2.02. The zero-order valence-electron chi connectivity index (χ0n) is 20.7. The summed E-state index contributed by atoms with van der Waals surface area (Å²) in [5.74, 6) is 0.425. The van der Waals surface area contributed by atoms with E-state index in [1.165, 1.54) is 29.4 Å². The number of rotatable bonds is 6.